The van der Waals surface area contributed by atoms with E-state index in [0.717, 1.165) is 18.6 Å². The Morgan fingerprint density at radius 2 is 2.05 bits per heavy atom. The van der Waals surface area contributed by atoms with E-state index in [2.05, 4.69) is 18.8 Å². The highest BCUT2D eigenvalue weighted by molar-refractivity contribution is 6.16. The normalized spacial score (nSPS) is 13.9. The predicted octanol–water partition coefficient (Wildman–Crippen LogP) is 4.84. The number of fused-ring (bicyclic) bond motifs is 1. The molecule has 0 aliphatic carbocycles. The molecule has 0 saturated heterocycles. The lowest BCUT2D eigenvalue weighted by molar-refractivity contribution is -0.137. The van der Waals surface area contributed by atoms with Gasteiger partial charge in [0.2, 0.25) is 0 Å². The van der Waals surface area contributed by atoms with Gasteiger partial charge in [0.05, 0.1) is 22.5 Å². The lowest BCUT2D eigenvalue weighted by Gasteiger charge is -2.13. The number of halogens is 4. The highest BCUT2D eigenvalue weighted by atomic mass is 35.5. The van der Waals surface area contributed by atoms with Crippen LogP contribution in [0, 0.1) is 5.92 Å². The van der Waals surface area contributed by atoms with Crippen LogP contribution in [0.15, 0.2) is 18.2 Å². The predicted molar refractivity (Wildman–Crippen MR) is 73.7 cm³/mol. The van der Waals surface area contributed by atoms with Crippen molar-refractivity contribution in [3.8, 4) is 0 Å². The molecule has 0 N–H and O–H groups in total. The van der Waals surface area contributed by atoms with E-state index in [1.807, 2.05) is 4.57 Å². The quantitative estimate of drug-likeness (QED) is 0.739. The molecule has 1 aromatic carbocycles. The van der Waals surface area contributed by atoms with Crippen molar-refractivity contribution in [2.75, 3.05) is 0 Å². The van der Waals surface area contributed by atoms with Crippen LogP contribution >= 0.6 is 11.6 Å². The second-order valence-electron chi connectivity index (χ2n) is 4.99. The smallest absolute Gasteiger partial charge is 0.327 e. The molecule has 1 unspecified atom stereocenters. The maximum atomic E-state index is 12.7. The van der Waals surface area contributed by atoms with E-state index in [4.69, 9.17) is 11.6 Å². The Morgan fingerprint density at radius 3 is 2.60 bits per heavy atom. The minimum Gasteiger partial charge on any atom is -0.327 e. The third kappa shape index (κ3) is 2.92. The van der Waals surface area contributed by atoms with Crippen LogP contribution in [0.1, 0.15) is 31.7 Å². The lowest BCUT2D eigenvalue weighted by atomic mass is 10.1. The number of hydrogen-bond donors (Lipinski definition) is 0. The molecule has 6 heteroatoms. The van der Waals surface area contributed by atoms with Gasteiger partial charge >= 0.3 is 6.18 Å². The third-order valence-electron chi connectivity index (χ3n) is 3.47. The zero-order valence-electron chi connectivity index (χ0n) is 11.3. The van der Waals surface area contributed by atoms with Crippen molar-refractivity contribution < 1.29 is 13.2 Å². The Hall–Kier alpha value is -1.23. The fraction of sp³-hybridized carbons (Fsp3) is 0.500. The fourth-order valence-electron chi connectivity index (χ4n) is 2.10. The SMILES string of the molecule is CCC(C)Cn1c(CCl)nc2cc(C(F)(F)F)ccc21. The number of imidazole rings is 1. The summed E-state index contributed by atoms with van der Waals surface area (Å²) in [5.41, 5.74) is 0.368. The van der Waals surface area contributed by atoms with Gasteiger partial charge in [-0.2, -0.15) is 13.2 Å². The van der Waals surface area contributed by atoms with Crippen molar-refractivity contribution in [3.63, 3.8) is 0 Å². The van der Waals surface area contributed by atoms with Crippen LogP contribution < -0.4 is 0 Å². The van der Waals surface area contributed by atoms with Gasteiger partial charge in [0.1, 0.15) is 5.82 Å². The molecule has 0 spiro atoms. The van der Waals surface area contributed by atoms with E-state index < -0.39 is 11.7 Å². The zero-order valence-corrected chi connectivity index (χ0v) is 12.1. The summed E-state index contributed by atoms with van der Waals surface area (Å²) in [6.45, 7) is 4.88. The molecule has 1 aromatic heterocycles. The summed E-state index contributed by atoms with van der Waals surface area (Å²) in [6, 6.07) is 3.65. The molecule has 1 atom stereocenters. The summed E-state index contributed by atoms with van der Waals surface area (Å²) in [5, 5.41) is 0. The minimum atomic E-state index is -4.35. The molecule has 0 bridgehead atoms. The van der Waals surface area contributed by atoms with Crippen molar-refractivity contribution in [3.05, 3.63) is 29.6 Å². The van der Waals surface area contributed by atoms with E-state index in [-0.39, 0.29) is 5.88 Å². The average Bonchev–Trinajstić information content (AvgIpc) is 2.75. The molecular formula is C14H16ClF3N2. The van der Waals surface area contributed by atoms with Crippen LogP contribution in [-0.4, -0.2) is 9.55 Å². The second-order valence-corrected chi connectivity index (χ2v) is 5.25. The van der Waals surface area contributed by atoms with Gasteiger partial charge in [-0.15, -0.1) is 11.6 Å². The van der Waals surface area contributed by atoms with E-state index in [9.17, 15) is 13.2 Å². The van der Waals surface area contributed by atoms with E-state index in [0.29, 0.717) is 29.3 Å². The average molecular weight is 305 g/mol. The largest absolute Gasteiger partial charge is 0.416 e. The summed E-state index contributed by atoms with van der Waals surface area (Å²) in [4.78, 5) is 4.22. The van der Waals surface area contributed by atoms with Crippen LogP contribution in [-0.2, 0) is 18.6 Å². The molecule has 2 aromatic rings. The summed E-state index contributed by atoms with van der Waals surface area (Å²) >= 11 is 5.85. The van der Waals surface area contributed by atoms with Gasteiger partial charge in [0.15, 0.2) is 0 Å². The van der Waals surface area contributed by atoms with Gasteiger partial charge in [0.25, 0.3) is 0 Å². The van der Waals surface area contributed by atoms with Gasteiger partial charge in [-0.3, -0.25) is 0 Å². The maximum absolute atomic E-state index is 12.7. The summed E-state index contributed by atoms with van der Waals surface area (Å²) in [7, 11) is 0. The number of rotatable bonds is 4. The van der Waals surface area contributed by atoms with Gasteiger partial charge in [-0.05, 0) is 24.1 Å². The Bertz CT molecular complexity index is 604. The van der Waals surface area contributed by atoms with Gasteiger partial charge in [0, 0.05) is 6.54 Å². The Balaban J connectivity index is 2.52. The molecule has 110 valence electrons. The Kier molecular flexibility index (Phi) is 4.28. The first kappa shape index (κ1) is 15.2. The fourth-order valence-corrected chi connectivity index (χ4v) is 2.31. The van der Waals surface area contributed by atoms with Crippen molar-refractivity contribution in [2.24, 2.45) is 5.92 Å². The zero-order chi connectivity index (χ0) is 14.9. The van der Waals surface area contributed by atoms with Crippen molar-refractivity contribution in [2.45, 2.75) is 38.9 Å². The molecule has 0 amide bonds. The van der Waals surface area contributed by atoms with Gasteiger partial charge in [-0.1, -0.05) is 20.3 Å². The number of aromatic nitrogens is 2. The minimum absolute atomic E-state index is 0.187. The molecule has 20 heavy (non-hydrogen) atoms. The number of nitrogens with zero attached hydrogens (tertiary/aromatic N) is 2. The van der Waals surface area contributed by atoms with E-state index in [1.165, 1.54) is 6.07 Å². The van der Waals surface area contributed by atoms with Crippen molar-refractivity contribution in [1.82, 2.24) is 9.55 Å². The van der Waals surface area contributed by atoms with Crippen LogP contribution in [0.25, 0.3) is 11.0 Å². The van der Waals surface area contributed by atoms with Crippen LogP contribution in [0.2, 0.25) is 0 Å². The highest BCUT2D eigenvalue weighted by Crippen LogP contribution is 2.32. The van der Waals surface area contributed by atoms with Crippen LogP contribution in [0.3, 0.4) is 0 Å². The van der Waals surface area contributed by atoms with Crippen LogP contribution in [0.4, 0.5) is 13.2 Å². The molecule has 0 aliphatic heterocycles. The Morgan fingerprint density at radius 1 is 1.35 bits per heavy atom. The van der Waals surface area contributed by atoms with Gasteiger partial charge < -0.3 is 4.57 Å². The first-order chi connectivity index (χ1) is 9.36. The second kappa shape index (κ2) is 5.64. The molecule has 0 fully saturated rings. The van der Waals surface area contributed by atoms with E-state index in [1.54, 1.807) is 0 Å². The molecule has 2 nitrogen and oxygen atoms in total. The van der Waals surface area contributed by atoms with Gasteiger partial charge in [-0.25, -0.2) is 4.98 Å². The molecule has 2 rings (SSSR count). The van der Waals surface area contributed by atoms with Crippen LogP contribution in [0.5, 0.6) is 0 Å². The molecule has 1 heterocycles. The highest BCUT2D eigenvalue weighted by Gasteiger charge is 2.31. The molecule has 0 aliphatic rings. The third-order valence-corrected chi connectivity index (χ3v) is 3.70. The standard InChI is InChI=1S/C14H16ClF3N2/c1-3-9(2)8-20-12-5-4-10(14(16,17)18)6-11(12)19-13(20)7-15/h4-6,9H,3,7-8H2,1-2H3. The first-order valence-electron chi connectivity index (χ1n) is 6.49. The first-order valence-corrected chi connectivity index (χ1v) is 7.02. The number of benzene rings is 1. The summed E-state index contributed by atoms with van der Waals surface area (Å²) < 4.78 is 40.0. The topological polar surface area (TPSA) is 17.8 Å². The Labute approximate surface area is 120 Å². The van der Waals surface area contributed by atoms with Crippen molar-refractivity contribution in [1.29, 1.82) is 0 Å². The number of alkyl halides is 4. The lowest BCUT2D eigenvalue weighted by Crippen LogP contribution is -2.09. The molecule has 0 radical (unpaired) electrons. The molecular weight excluding hydrogens is 289 g/mol. The summed E-state index contributed by atoms with van der Waals surface area (Å²) in [6.07, 6.45) is -3.36. The van der Waals surface area contributed by atoms with Crippen molar-refractivity contribution >= 4 is 22.6 Å². The van der Waals surface area contributed by atoms with E-state index >= 15 is 0 Å². The maximum Gasteiger partial charge on any atom is 0.416 e. The molecule has 0 saturated carbocycles. The number of hydrogen-bond acceptors (Lipinski definition) is 1. The summed E-state index contributed by atoms with van der Waals surface area (Å²) in [5.74, 6) is 1.21. The monoisotopic (exact) mass is 304 g/mol.